The molecule has 0 N–H and O–H groups in total. The molecule has 1 aliphatic carbocycles. The Hall–Kier alpha value is -1.37. The summed E-state index contributed by atoms with van der Waals surface area (Å²) < 4.78 is 0. The highest BCUT2D eigenvalue weighted by Gasteiger charge is 2.39. The van der Waals surface area contributed by atoms with Crippen LogP contribution in [0.5, 0.6) is 0 Å². The van der Waals surface area contributed by atoms with Gasteiger partial charge in [0.15, 0.2) is 0 Å². The minimum atomic E-state index is -0.413. The van der Waals surface area contributed by atoms with Gasteiger partial charge in [-0.05, 0) is 30.9 Å². The maximum atomic E-state index is 12.2. The van der Waals surface area contributed by atoms with Gasteiger partial charge in [-0.2, -0.15) is 0 Å². The number of carbonyl (C=O) groups is 1. The first-order chi connectivity index (χ1) is 7.70. The highest BCUT2D eigenvalue weighted by atomic mass is 16.1. The van der Waals surface area contributed by atoms with E-state index in [9.17, 15) is 4.79 Å². The molecule has 1 aliphatic rings. The molecule has 84 valence electrons. The van der Waals surface area contributed by atoms with E-state index >= 15 is 0 Å². The SMILES string of the molecule is C=C[C@]1(c2ccccc2C)CCCCC1=O. The molecule has 1 aromatic rings. The van der Waals surface area contributed by atoms with Gasteiger partial charge >= 0.3 is 0 Å². The van der Waals surface area contributed by atoms with E-state index in [0.29, 0.717) is 12.2 Å². The van der Waals surface area contributed by atoms with Crippen molar-refractivity contribution in [2.45, 2.75) is 38.0 Å². The molecule has 2 rings (SSSR count). The van der Waals surface area contributed by atoms with E-state index in [2.05, 4.69) is 25.6 Å². The molecular weight excluding hydrogens is 196 g/mol. The summed E-state index contributed by atoms with van der Waals surface area (Å²) in [4.78, 5) is 12.2. The first-order valence-corrected chi connectivity index (χ1v) is 5.94. The van der Waals surface area contributed by atoms with E-state index in [0.717, 1.165) is 24.8 Å². The number of ketones is 1. The molecule has 0 amide bonds. The van der Waals surface area contributed by atoms with Crippen molar-refractivity contribution >= 4 is 5.78 Å². The Kier molecular flexibility index (Phi) is 2.95. The fourth-order valence-electron chi connectivity index (χ4n) is 2.74. The maximum Gasteiger partial charge on any atom is 0.147 e. The third-order valence-corrected chi connectivity index (χ3v) is 3.70. The number of hydrogen-bond donors (Lipinski definition) is 0. The minimum absolute atomic E-state index is 0.336. The maximum absolute atomic E-state index is 12.2. The average Bonchev–Trinajstić information content (AvgIpc) is 2.31. The van der Waals surface area contributed by atoms with Crippen molar-refractivity contribution in [1.82, 2.24) is 0 Å². The molecule has 1 heteroatoms. The molecule has 16 heavy (non-hydrogen) atoms. The van der Waals surface area contributed by atoms with Crippen LogP contribution >= 0.6 is 0 Å². The Labute approximate surface area is 97.2 Å². The second-order valence-corrected chi connectivity index (χ2v) is 4.62. The highest BCUT2D eigenvalue weighted by Crippen LogP contribution is 2.39. The summed E-state index contributed by atoms with van der Waals surface area (Å²) in [6.07, 6.45) is 5.61. The molecule has 0 aliphatic heterocycles. The summed E-state index contributed by atoms with van der Waals surface area (Å²) >= 11 is 0. The van der Waals surface area contributed by atoms with Crippen LogP contribution in [-0.4, -0.2) is 5.78 Å². The van der Waals surface area contributed by atoms with Crippen molar-refractivity contribution in [2.24, 2.45) is 0 Å². The second-order valence-electron chi connectivity index (χ2n) is 4.62. The van der Waals surface area contributed by atoms with Crippen molar-refractivity contribution in [3.05, 3.63) is 48.0 Å². The van der Waals surface area contributed by atoms with Gasteiger partial charge in [0.05, 0.1) is 5.41 Å². The molecule has 1 atom stereocenters. The van der Waals surface area contributed by atoms with Gasteiger partial charge < -0.3 is 0 Å². The van der Waals surface area contributed by atoms with Crippen molar-refractivity contribution in [3.63, 3.8) is 0 Å². The normalized spacial score (nSPS) is 25.4. The molecule has 1 aromatic carbocycles. The van der Waals surface area contributed by atoms with E-state index in [1.807, 2.05) is 18.2 Å². The summed E-state index contributed by atoms with van der Waals surface area (Å²) in [5, 5.41) is 0. The molecule has 0 aromatic heterocycles. The van der Waals surface area contributed by atoms with Gasteiger partial charge in [0.1, 0.15) is 5.78 Å². The Balaban J connectivity index is 2.53. The Morgan fingerprint density at radius 2 is 2.06 bits per heavy atom. The van der Waals surface area contributed by atoms with E-state index in [4.69, 9.17) is 0 Å². The fourth-order valence-corrected chi connectivity index (χ4v) is 2.74. The molecule has 1 saturated carbocycles. The molecular formula is C15H18O. The Morgan fingerprint density at radius 1 is 1.31 bits per heavy atom. The van der Waals surface area contributed by atoms with Gasteiger partial charge in [0, 0.05) is 6.42 Å². The lowest BCUT2D eigenvalue weighted by atomic mass is 9.67. The van der Waals surface area contributed by atoms with Gasteiger partial charge in [-0.25, -0.2) is 0 Å². The van der Waals surface area contributed by atoms with Crippen LogP contribution < -0.4 is 0 Å². The molecule has 1 fully saturated rings. The smallest absolute Gasteiger partial charge is 0.147 e. The number of rotatable bonds is 2. The highest BCUT2D eigenvalue weighted by molar-refractivity contribution is 5.93. The number of aryl methyl sites for hydroxylation is 1. The van der Waals surface area contributed by atoms with Crippen molar-refractivity contribution in [3.8, 4) is 0 Å². The molecule has 0 unspecified atom stereocenters. The molecule has 0 bridgehead atoms. The summed E-state index contributed by atoms with van der Waals surface area (Å²) in [5.41, 5.74) is 1.93. The molecule has 0 heterocycles. The van der Waals surface area contributed by atoms with Gasteiger partial charge in [-0.3, -0.25) is 4.79 Å². The summed E-state index contributed by atoms with van der Waals surface area (Å²) in [6.45, 7) is 5.98. The second kappa shape index (κ2) is 4.25. The van der Waals surface area contributed by atoms with Crippen LogP contribution in [0.15, 0.2) is 36.9 Å². The number of hydrogen-bond acceptors (Lipinski definition) is 1. The third kappa shape index (κ3) is 1.60. The topological polar surface area (TPSA) is 17.1 Å². The first-order valence-electron chi connectivity index (χ1n) is 5.94. The number of allylic oxidation sites excluding steroid dienone is 1. The summed E-state index contributed by atoms with van der Waals surface area (Å²) in [5.74, 6) is 0.336. The van der Waals surface area contributed by atoms with Gasteiger partial charge in [-0.1, -0.05) is 36.8 Å². The average molecular weight is 214 g/mol. The number of benzene rings is 1. The molecule has 0 spiro atoms. The van der Waals surface area contributed by atoms with E-state index < -0.39 is 5.41 Å². The Bertz CT molecular complexity index is 419. The number of carbonyl (C=O) groups excluding carboxylic acids is 1. The van der Waals surface area contributed by atoms with Crippen LogP contribution in [0.3, 0.4) is 0 Å². The monoisotopic (exact) mass is 214 g/mol. The van der Waals surface area contributed by atoms with Crippen LogP contribution in [0.4, 0.5) is 0 Å². The minimum Gasteiger partial charge on any atom is -0.298 e. The van der Waals surface area contributed by atoms with Crippen LogP contribution in [0.2, 0.25) is 0 Å². The lowest BCUT2D eigenvalue weighted by molar-refractivity contribution is -0.124. The van der Waals surface area contributed by atoms with E-state index in [-0.39, 0.29) is 0 Å². The van der Waals surface area contributed by atoms with E-state index in [1.54, 1.807) is 0 Å². The van der Waals surface area contributed by atoms with Crippen LogP contribution in [0, 0.1) is 6.92 Å². The molecule has 1 nitrogen and oxygen atoms in total. The first kappa shape index (κ1) is 11.1. The van der Waals surface area contributed by atoms with Crippen molar-refractivity contribution in [1.29, 1.82) is 0 Å². The van der Waals surface area contributed by atoms with Gasteiger partial charge in [0.2, 0.25) is 0 Å². The van der Waals surface area contributed by atoms with Crippen molar-refractivity contribution in [2.75, 3.05) is 0 Å². The third-order valence-electron chi connectivity index (χ3n) is 3.70. The largest absolute Gasteiger partial charge is 0.298 e. The predicted molar refractivity (Wildman–Crippen MR) is 66.5 cm³/mol. The lowest BCUT2D eigenvalue weighted by Gasteiger charge is -2.34. The summed E-state index contributed by atoms with van der Waals surface area (Å²) in [6, 6.07) is 8.17. The van der Waals surface area contributed by atoms with Crippen molar-refractivity contribution < 1.29 is 4.79 Å². The quantitative estimate of drug-likeness (QED) is 0.688. The molecule has 0 radical (unpaired) electrons. The number of Topliss-reactive ketones (excluding diaryl/α,β-unsaturated/α-hetero) is 1. The standard InChI is InChI=1S/C15H18O/c1-3-15(11-7-6-10-14(15)16)13-9-5-4-8-12(13)2/h3-5,8-9H,1,6-7,10-11H2,2H3/t15-/m1/s1. The summed E-state index contributed by atoms with van der Waals surface area (Å²) in [7, 11) is 0. The zero-order valence-electron chi connectivity index (χ0n) is 9.83. The lowest BCUT2D eigenvalue weighted by Crippen LogP contribution is -2.37. The van der Waals surface area contributed by atoms with Crippen LogP contribution in [0.1, 0.15) is 36.8 Å². The predicted octanol–water partition coefficient (Wildman–Crippen LogP) is 3.56. The van der Waals surface area contributed by atoms with E-state index in [1.165, 1.54) is 5.56 Å². The Morgan fingerprint density at radius 3 is 2.69 bits per heavy atom. The fraction of sp³-hybridized carbons (Fsp3) is 0.400. The van der Waals surface area contributed by atoms with Gasteiger partial charge in [0.25, 0.3) is 0 Å². The molecule has 0 saturated heterocycles. The zero-order valence-corrected chi connectivity index (χ0v) is 9.83. The van der Waals surface area contributed by atoms with Gasteiger partial charge in [-0.15, -0.1) is 6.58 Å². The van der Waals surface area contributed by atoms with Crippen LogP contribution in [-0.2, 0) is 10.2 Å². The zero-order chi connectivity index (χ0) is 11.6. The van der Waals surface area contributed by atoms with Crippen LogP contribution in [0.25, 0.3) is 0 Å².